The molecule has 4 nitrogen and oxygen atoms in total. The Bertz CT molecular complexity index is 482. The third kappa shape index (κ3) is 3.56. The number of hydrogen-bond acceptors (Lipinski definition) is 3. The van der Waals surface area contributed by atoms with Gasteiger partial charge in [-0.25, -0.2) is 0 Å². The topological polar surface area (TPSA) is 41.6 Å². The smallest absolute Gasteiger partial charge is 0.224 e. The fourth-order valence-corrected chi connectivity index (χ4v) is 3.05. The number of carbonyl (C=O) groups excluding carboxylic acids is 1. The molecule has 1 atom stereocenters. The van der Waals surface area contributed by atoms with Crippen molar-refractivity contribution in [3.63, 3.8) is 0 Å². The van der Waals surface area contributed by atoms with Gasteiger partial charge in [-0.3, -0.25) is 4.79 Å². The highest BCUT2D eigenvalue weighted by Gasteiger charge is 2.29. The van der Waals surface area contributed by atoms with Gasteiger partial charge in [0.05, 0.1) is 13.2 Å². The molecule has 3 rings (SSSR count). The molecule has 4 heteroatoms. The van der Waals surface area contributed by atoms with Gasteiger partial charge in [-0.15, -0.1) is 0 Å². The van der Waals surface area contributed by atoms with Gasteiger partial charge in [-0.2, -0.15) is 0 Å². The van der Waals surface area contributed by atoms with Crippen LogP contribution in [0, 0.1) is 0 Å². The molecule has 0 bridgehead atoms. The van der Waals surface area contributed by atoms with Crippen molar-refractivity contribution >= 4 is 5.91 Å². The van der Waals surface area contributed by atoms with Crippen LogP contribution in [0.4, 0.5) is 0 Å². The summed E-state index contributed by atoms with van der Waals surface area (Å²) in [5.74, 6) is 1.14. The number of hydrogen-bond donors (Lipinski definition) is 1. The van der Waals surface area contributed by atoms with E-state index in [1.807, 2.05) is 12.1 Å². The first kappa shape index (κ1) is 14.4. The average molecular weight is 288 g/mol. The summed E-state index contributed by atoms with van der Waals surface area (Å²) in [4.78, 5) is 14.5. The molecule has 1 unspecified atom stereocenters. The summed E-state index contributed by atoms with van der Waals surface area (Å²) in [7, 11) is 1.67. The number of likely N-dealkylation sites (tertiary alicyclic amines) is 1. The third-order valence-electron chi connectivity index (χ3n) is 4.42. The molecule has 0 spiro atoms. The van der Waals surface area contributed by atoms with Gasteiger partial charge in [0.1, 0.15) is 5.75 Å². The molecule has 1 aliphatic carbocycles. The molecule has 1 saturated carbocycles. The van der Waals surface area contributed by atoms with Gasteiger partial charge in [0.2, 0.25) is 5.91 Å². The van der Waals surface area contributed by atoms with Crippen molar-refractivity contribution in [1.82, 2.24) is 10.2 Å². The van der Waals surface area contributed by atoms with E-state index in [-0.39, 0.29) is 11.9 Å². The number of nitrogens with one attached hydrogen (secondary N) is 1. The molecule has 1 aromatic carbocycles. The molecule has 2 fully saturated rings. The van der Waals surface area contributed by atoms with Crippen LogP contribution in [0.15, 0.2) is 24.3 Å². The van der Waals surface area contributed by atoms with E-state index >= 15 is 0 Å². The number of methoxy groups -OCH3 is 1. The Hall–Kier alpha value is -1.55. The lowest BCUT2D eigenvalue weighted by atomic mass is 10.0. The Morgan fingerprint density at radius 3 is 2.71 bits per heavy atom. The normalized spacial score (nSPS) is 21.6. The predicted molar refractivity (Wildman–Crippen MR) is 82.3 cm³/mol. The summed E-state index contributed by atoms with van der Waals surface area (Å²) in [5.41, 5.74) is 1.22. The van der Waals surface area contributed by atoms with E-state index in [2.05, 4.69) is 22.3 Å². The van der Waals surface area contributed by atoms with E-state index in [0.717, 1.165) is 31.7 Å². The van der Waals surface area contributed by atoms with E-state index in [4.69, 9.17) is 4.74 Å². The van der Waals surface area contributed by atoms with Crippen LogP contribution in [-0.4, -0.2) is 37.0 Å². The summed E-state index contributed by atoms with van der Waals surface area (Å²) in [6.07, 6.45) is 5.31. The molecule has 21 heavy (non-hydrogen) atoms. The lowest BCUT2D eigenvalue weighted by Crippen LogP contribution is -2.33. The predicted octanol–water partition coefficient (Wildman–Crippen LogP) is 2.50. The zero-order chi connectivity index (χ0) is 14.7. The van der Waals surface area contributed by atoms with Crippen molar-refractivity contribution in [3.05, 3.63) is 29.8 Å². The highest BCUT2D eigenvalue weighted by molar-refractivity contribution is 5.77. The van der Waals surface area contributed by atoms with E-state index in [9.17, 15) is 4.79 Å². The third-order valence-corrected chi connectivity index (χ3v) is 4.42. The van der Waals surface area contributed by atoms with Gasteiger partial charge in [0.25, 0.3) is 0 Å². The second kappa shape index (κ2) is 6.48. The maximum Gasteiger partial charge on any atom is 0.224 e. The first-order valence-corrected chi connectivity index (χ1v) is 7.95. The van der Waals surface area contributed by atoms with E-state index in [1.165, 1.54) is 18.4 Å². The van der Waals surface area contributed by atoms with Gasteiger partial charge >= 0.3 is 0 Å². The molecule has 1 aromatic rings. The highest BCUT2D eigenvalue weighted by Crippen LogP contribution is 2.33. The van der Waals surface area contributed by atoms with E-state index in [0.29, 0.717) is 12.5 Å². The van der Waals surface area contributed by atoms with Crippen LogP contribution in [0.25, 0.3) is 0 Å². The number of ether oxygens (including phenoxy) is 1. The van der Waals surface area contributed by atoms with Crippen LogP contribution in [0.2, 0.25) is 0 Å². The van der Waals surface area contributed by atoms with Crippen molar-refractivity contribution in [2.24, 2.45) is 0 Å². The van der Waals surface area contributed by atoms with Crippen LogP contribution >= 0.6 is 0 Å². The fraction of sp³-hybridized carbons (Fsp3) is 0.588. The molecule has 1 amide bonds. The summed E-state index contributed by atoms with van der Waals surface area (Å²) < 4.78 is 5.20. The zero-order valence-corrected chi connectivity index (χ0v) is 12.7. The van der Waals surface area contributed by atoms with E-state index in [1.54, 1.807) is 7.11 Å². The Kier molecular flexibility index (Phi) is 4.44. The largest absolute Gasteiger partial charge is 0.497 e. The number of carbonyl (C=O) groups is 1. The summed E-state index contributed by atoms with van der Waals surface area (Å²) in [5, 5.41) is 3.42. The van der Waals surface area contributed by atoms with Gasteiger partial charge < -0.3 is 15.0 Å². The number of benzene rings is 1. The number of nitrogens with zero attached hydrogens (tertiary/aromatic N) is 1. The maximum absolute atomic E-state index is 12.4. The molecule has 1 saturated heterocycles. The maximum atomic E-state index is 12.4. The molecule has 1 aliphatic heterocycles. The number of amides is 1. The second-order valence-electron chi connectivity index (χ2n) is 6.00. The molecule has 114 valence electrons. The average Bonchev–Trinajstić information content (AvgIpc) is 3.21. The van der Waals surface area contributed by atoms with Gasteiger partial charge in [0, 0.05) is 25.6 Å². The highest BCUT2D eigenvalue weighted by atomic mass is 16.5. The van der Waals surface area contributed by atoms with Gasteiger partial charge in [-0.05, 0) is 43.4 Å². The summed E-state index contributed by atoms with van der Waals surface area (Å²) in [6, 6.07) is 9.03. The van der Waals surface area contributed by atoms with Gasteiger partial charge in [0.15, 0.2) is 0 Å². The Labute approximate surface area is 126 Å². The summed E-state index contributed by atoms with van der Waals surface area (Å²) >= 11 is 0. The minimum atomic E-state index is 0.240. The second-order valence-corrected chi connectivity index (χ2v) is 6.00. The minimum absolute atomic E-state index is 0.240. The molecule has 2 aliphatic rings. The van der Waals surface area contributed by atoms with Crippen molar-refractivity contribution < 1.29 is 9.53 Å². The molecule has 1 heterocycles. The van der Waals surface area contributed by atoms with Crippen LogP contribution in [-0.2, 0) is 4.79 Å². The van der Waals surface area contributed by atoms with Crippen molar-refractivity contribution in [2.45, 2.75) is 44.2 Å². The Balaban J connectivity index is 1.58. The molecule has 0 radical (unpaired) electrons. The Morgan fingerprint density at radius 2 is 2.05 bits per heavy atom. The quantitative estimate of drug-likeness (QED) is 0.874. The lowest BCUT2D eigenvalue weighted by Gasteiger charge is -2.25. The number of rotatable bonds is 6. The van der Waals surface area contributed by atoms with E-state index < -0.39 is 0 Å². The van der Waals surface area contributed by atoms with Crippen molar-refractivity contribution in [3.8, 4) is 5.75 Å². The summed E-state index contributed by atoms with van der Waals surface area (Å²) in [6.45, 7) is 1.70. The zero-order valence-electron chi connectivity index (χ0n) is 12.7. The Morgan fingerprint density at radius 1 is 1.29 bits per heavy atom. The molecule has 0 aromatic heterocycles. The molecule has 1 N–H and O–H groups in total. The van der Waals surface area contributed by atoms with Gasteiger partial charge in [-0.1, -0.05) is 12.1 Å². The van der Waals surface area contributed by atoms with Crippen LogP contribution in [0.1, 0.15) is 43.7 Å². The molecular formula is C17H24N2O2. The SMILES string of the molecule is COc1ccc(C2CCCN2C(=O)CCNC2CC2)cc1. The minimum Gasteiger partial charge on any atom is -0.497 e. The molecular weight excluding hydrogens is 264 g/mol. The first-order valence-electron chi connectivity index (χ1n) is 7.95. The van der Waals surface area contributed by atoms with Crippen LogP contribution in [0.5, 0.6) is 5.75 Å². The van der Waals surface area contributed by atoms with Crippen molar-refractivity contribution in [2.75, 3.05) is 20.2 Å². The van der Waals surface area contributed by atoms with Crippen LogP contribution in [0.3, 0.4) is 0 Å². The first-order chi connectivity index (χ1) is 10.3. The van der Waals surface area contributed by atoms with Crippen LogP contribution < -0.4 is 10.1 Å². The standard InChI is InChI=1S/C17H24N2O2/c1-21-15-8-4-13(5-9-15)16-3-2-12-19(16)17(20)10-11-18-14-6-7-14/h4-5,8-9,14,16,18H,2-3,6-7,10-12H2,1H3. The monoisotopic (exact) mass is 288 g/mol. The fourth-order valence-electron chi connectivity index (χ4n) is 3.05. The van der Waals surface area contributed by atoms with Crippen molar-refractivity contribution in [1.29, 1.82) is 0 Å². The lowest BCUT2D eigenvalue weighted by molar-refractivity contribution is -0.132.